The van der Waals surface area contributed by atoms with Gasteiger partial charge >= 0.3 is 0 Å². The van der Waals surface area contributed by atoms with E-state index in [9.17, 15) is 4.79 Å². The van der Waals surface area contributed by atoms with E-state index in [1.54, 1.807) is 18.0 Å². The Balaban J connectivity index is 1.72. The maximum atomic E-state index is 13.4. The zero-order valence-electron chi connectivity index (χ0n) is 13.5. The number of fused-ring (bicyclic) bond motifs is 2. The first-order chi connectivity index (χ1) is 11.2. The number of nitrogens with zero attached hydrogens (tertiary/aromatic N) is 3. The van der Waals surface area contributed by atoms with Crippen molar-refractivity contribution in [3.05, 3.63) is 47.7 Å². The number of rotatable bonds is 1. The predicted molar refractivity (Wildman–Crippen MR) is 93.8 cm³/mol. The van der Waals surface area contributed by atoms with E-state index < -0.39 is 0 Å². The van der Waals surface area contributed by atoms with Gasteiger partial charge in [-0.1, -0.05) is 24.3 Å². The van der Waals surface area contributed by atoms with E-state index in [1.165, 1.54) is 11.1 Å². The van der Waals surface area contributed by atoms with Crippen LogP contribution in [0.1, 0.15) is 42.7 Å². The van der Waals surface area contributed by atoms with Crippen molar-refractivity contribution in [3.8, 4) is 0 Å². The molecule has 2 aromatic rings. The zero-order valence-corrected chi connectivity index (χ0v) is 14.3. The molecule has 23 heavy (non-hydrogen) atoms. The topological polar surface area (TPSA) is 38.1 Å². The average molecular weight is 327 g/mol. The van der Waals surface area contributed by atoms with Crippen LogP contribution in [0.4, 0.5) is 5.82 Å². The molecule has 1 amide bonds. The lowest BCUT2D eigenvalue weighted by molar-refractivity contribution is -0.119. The van der Waals surface area contributed by atoms with Crippen LogP contribution >= 0.6 is 11.8 Å². The van der Waals surface area contributed by atoms with E-state index in [2.05, 4.69) is 37.1 Å². The lowest BCUT2D eigenvalue weighted by atomic mass is 9.99. The summed E-state index contributed by atoms with van der Waals surface area (Å²) in [7, 11) is 0. The Morgan fingerprint density at radius 1 is 1.22 bits per heavy atom. The normalized spacial score (nSPS) is 26.5. The summed E-state index contributed by atoms with van der Waals surface area (Å²) >= 11 is 1.77. The fraction of sp³-hybridized carbons (Fsp3) is 0.444. The molecule has 2 aliphatic rings. The van der Waals surface area contributed by atoms with E-state index >= 15 is 0 Å². The van der Waals surface area contributed by atoms with Crippen molar-refractivity contribution in [2.75, 3.05) is 10.7 Å². The first kappa shape index (κ1) is 14.8. The monoisotopic (exact) mass is 327 g/mol. The molecule has 0 aliphatic carbocycles. The van der Waals surface area contributed by atoms with E-state index in [-0.39, 0.29) is 17.2 Å². The van der Waals surface area contributed by atoms with Crippen molar-refractivity contribution in [1.29, 1.82) is 0 Å². The molecule has 120 valence electrons. The number of aromatic nitrogens is 2. The summed E-state index contributed by atoms with van der Waals surface area (Å²) in [4.78, 5) is 15.3. The third-order valence-electron chi connectivity index (χ3n) is 4.89. The van der Waals surface area contributed by atoms with Crippen LogP contribution < -0.4 is 4.90 Å². The third kappa shape index (κ3) is 2.38. The highest BCUT2D eigenvalue weighted by atomic mass is 32.2. The molecular weight excluding hydrogens is 306 g/mol. The molecule has 4 nitrogen and oxygen atoms in total. The molecule has 0 saturated carbocycles. The third-order valence-corrected chi connectivity index (χ3v) is 6.12. The van der Waals surface area contributed by atoms with Crippen LogP contribution in [0.15, 0.2) is 36.5 Å². The molecule has 3 atom stereocenters. The van der Waals surface area contributed by atoms with Crippen LogP contribution in [-0.2, 0) is 11.2 Å². The van der Waals surface area contributed by atoms with Gasteiger partial charge in [-0.2, -0.15) is 5.10 Å². The summed E-state index contributed by atoms with van der Waals surface area (Å²) in [6, 6.07) is 10.9. The van der Waals surface area contributed by atoms with E-state index in [0.29, 0.717) is 6.04 Å². The van der Waals surface area contributed by atoms with Gasteiger partial charge in [0.05, 0.1) is 12.2 Å². The van der Waals surface area contributed by atoms with E-state index in [4.69, 9.17) is 0 Å². The molecule has 4 rings (SSSR count). The molecule has 1 aromatic carbocycles. The van der Waals surface area contributed by atoms with Gasteiger partial charge in [-0.15, -0.1) is 11.8 Å². The molecule has 0 radical (unpaired) electrons. The average Bonchev–Trinajstić information content (AvgIpc) is 3.04. The number of thioether (sulfide) groups is 1. The molecule has 0 fully saturated rings. The SMILES string of the molecule is C[C@H]1C[C@H](C)n2nccc2N1C(=O)[C@@H]1SCCc2ccccc21. The number of hydrogen-bond donors (Lipinski definition) is 0. The largest absolute Gasteiger partial charge is 0.293 e. The second-order valence-electron chi connectivity index (χ2n) is 6.48. The molecule has 3 heterocycles. The molecule has 0 bridgehead atoms. The van der Waals surface area contributed by atoms with Gasteiger partial charge in [-0.3, -0.25) is 9.69 Å². The fourth-order valence-electron chi connectivity index (χ4n) is 3.82. The smallest absolute Gasteiger partial charge is 0.246 e. The number of carbonyl (C=O) groups excluding carboxylic acids is 1. The van der Waals surface area contributed by atoms with Gasteiger partial charge in [0.15, 0.2) is 0 Å². The molecular formula is C18H21N3OS. The number of aryl methyl sites for hydroxylation is 1. The Morgan fingerprint density at radius 3 is 2.91 bits per heavy atom. The second-order valence-corrected chi connectivity index (χ2v) is 7.69. The zero-order chi connectivity index (χ0) is 16.0. The van der Waals surface area contributed by atoms with Gasteiger partial charge in [0.2, 0.25) is 5.91 Å². The maximum absolute atomic E-state index is 13.4. The lowest BCUT2D eigenvalue weighted by Crippen LogP contribution is -2.47. The van der Waals surface area contributed by atoms with Crippen LogP contribution in [0.25, 0.3) is 0 Å². The summed E-state index contributed by atoms with van der Waals surface area (Å²) < 4.78 is 1.98. The molecule has 2 aliphatic heterocycles. The second kappa shape index (κ2) is 5.71. The van der Waals surface area contributed by atoms with E-state index in [0.717, 1.165) is 24.4 Å². The van der Waals surface area contributed by atoms with Crippen molar-refractivity contribution in [2.45, 2.75) is 44.0 Å². The van der Waals surface area contributed by atoms with Crippen molar-refractivity contribution in [1.82, 2.24) is 9.78 Å². The molecule has 0 unspecified atom stereocenters. The summed E-state index contributed by atoms with van der Waals surface area (Å²) in [6.45, 7) is 4.31. The molecule has 0 saturated heterocycles. The van der Waals surface area contributed by atoms with Gasteiger partial charge in [-0.05, 0) is 43.6 Å². The summed E-state index contributed by atoms with van der Waals surface area (Å²) in [5.74, 6) is 2.14. The standard InChI is InChI=1S/C18H21N3OS/c1-12-11-13(2)21-16(7-9-19-21)20(12)18(22)17-15-6-4-3-5-14(15)8-10-23-17/h3-7,9,12-13,17H,8,10-11H2,1-2H3/t12-,13-,17+/m0/s1. The Hall–Kier alpha value is -1.75. The Bertz CT molecular complexity index is 741. The predicted octanol–water partition coefficient (Wildman–Crippen LogP) is 3.60. The highest BCUT2D eigenvalue weighted by molar-refractivity contribution is 8.00. The van der Waals surface area contributed by atoms with Crippen molar-refractivity contribution < 1.29 is 4.79 Å². The van der Waals surface area contributed by atoms with Gasteiger partial charge in [-0.25, -0.2) is 4.68 Å². The van der Waals surface area contributed by atoms with Crippen LogP contribution in [-0.4, -0.2) is 27.5 Å². The van der Waals surface area contributed by atoms with Crippen LogP contribution in [0.5, 0.6) is 0 Å². The maximum Gasteiger partial charge on any atom is 0.246 e. The lowest BCUT2D eigenvalue weighted by Gasteiger charge is -2.39. The van der Waals surface area contributed by atoms with Crippen molar-refractivity contribution in [3.63, 3.8) is 0 Å². The Kier molecular flexibility index (Phi) is 3.68. The van der Waals surface area contributed by atoms with Gasteiger partial charge < -0.3 is 0 Å². The van der Waals surface area contributed by atoms with Gasteiger partial charge in [0, 0.05) is 12.1 Å². The first-order valence-corrected chi connectivity index (χ1v) is 9.27. The molecule has 5 heteroatoms. The Labute approximate surface area is 140 Å². The minimum Gasteiger partial charge on any atom is -0.293 e. The van der Waals surface area contributed by atoms with Crippen molar-refractivity contribution in [2.24, 2.45) is 0 Å². The number of anilines is 1. The summed E-state index contributed by atoms with van der Waals surface area (Å²) in [5.41, 5.74) is 2.50. The van der Waals surface area contributed by atoms with Gasteiger partial charge in [0.1, 0.15) is 11.1 Å². The highest BCUT2D eigenvalue weighted by Crippen LogP contribution is 2.41. The van der Waals surface area contributed by atoms with Crippen LogP contribution in [0.2, 0.25) is 0 Å². The van der Waals surface area contributed by atoms with Gasteiger partial charge in [0.25, 0.3) is 0 Å². The minimum absolute atomic E-state index is 0.0980. The number of hydrogen-bond acceptors (Lipinski definition) is 3. The highest BCUT2D eigenvalue weighted by Gasteiger charge is 2.38. The van der Waals surface area contributed by atoms with Crippen molar-refractivity contribution >= 4 is 23.5 Å². The molecule has 0 spiro atoms. The molecule has 0 N–H and O–H groups in total. The first-order valence-electron chi connectivity index (χ1n) is 8.23. The Morgan fingerprint density at radius 2 is 2.04 bits per heavy atom. The van der Waals surface area contributed by atoms with Crippen LogP contribution in [0, 0.1) is 0 Å². The number of amides is 1. The molecule has 1 aromatic heterocycles. The van der Waals surface area contributed by atoms with Crippen LogP contribution in [0.3, 0.4) is 0 Å². The number of benzene rings is 1. The number of carbonyl (C=O) groups is 1. The summed E-state index contributed by atoms with van der Waals surface area (Å²) in [6.07, 6.45) is 3.79. The summed E-state index contributed by atoms with van der Waals surface area (Å²) in [5, 5.41) is 4.31. The van der Waals surface area contributed by atoms with E-state index in [1.807, 2.05) is 21.7 Å². The quantitative estimate of drug-likeness (QED) is 0.803. The minimum atomic E-state index is -0.0980. The fourth-order valence-corrected chi connectivity index (χ4v) is 5.06.